The van der Waals surface area contributed by atoms with Gasteiger partial charge in [-0.1, -0.05) is 6.07 Å². The number of nitrogens with zero attached hydrogens (tertiary/aromatic N) is 3. The molecule has 2 heterocycles. The lowest BCUT2D eigenvalue weighted by Crippen LogP contribution is -2.27. The molecule has 0 unspecified atom stereocenters. The fourth-order valence-corrected chi connectivity index (χ4v) is 3.86. The van der Waals surface area contributed by atoms with E-state index in [1.807, 2.05) is 0 Å². The summed E-state index contributed by atoms with van der Waals surface area (Å²) >= 11 is 0. The standard InChI is InChI=1S/C25H20F3N3O2/c1-31(13-14-2-5-22(28)21-12-29-11-20(14)21)25(32)16-8-23(33-19-3-4-19)24(30-10-16)15-6-17(26)9-18(27)7-15/h2,5-10,12,19H,3-4,11,13H2,1H3. The van der Waals surface area contributed by atoms with Gasteiger partial charge in [0.15, 0.2) is 0 Å². The van der Waals surface area contributed by atoms with E-state index in [-0.39, 0.29) is 41.2 Å². The Bertz CT molecular complexity index is 1270. The van der Waals surface area contributed by atoms with Crippen molar-refractivity contribution in [1.82, 2.24) is 9.88 Å². The number of pyridine rings is 1. The minimum absolute atomic E-state index is 0.00570. The molecule has 3 aromatic rings. The molecule has 1 amide bonds. The van der Waals surface area contributed by atoms with E-state index >= 15 is 0 Å². The third-order valence-corrected chi connectivity index (χ3v) is 5.68. The largest absolute Gasteiger partial charge is 0.488 e. The Morgan fingerprint density at radius 3 is 2.61 bits per heavy atom. The first kappa shape index (κ1) is 21.2. The molecule has 1 fully saturated rings. The van der Waals surface area contributed by atoms with Crippen molar-refractivity contribution in [3.8, 4) is 17.0 Å². The van der Waals surface area contributed by atoms with Gasteiger partial charge in [0, 0.05) is 43.2 Å². The second-order valence-corrected chi connectivity index (χ2v) is 8.28. The maximum absolute atomic E-state index is 14.0. The van der Waals surface area contributed by atoms with Crippen molar-refractivity contribution in [2.45, 2.75) is 32.0 Å². The van der Waals surface area contributed by atoms with Gasteiger partial charge in [0.25, 0.3) is 5.91 Å². The molecule has 5 nitrogen and oxygen atoms in total. The Morgan fingerprint density at radius 2 is 1.88 bits per heavy atom. The zero-order chi connectivity index (χ0) is 23.1. The van der Waals surface area contributed by atoms with E-state index in [9.17, 15) is 18.0 Å². The molecule has 0 saturated heterocycles. The van der Waals surface area contributed by atoms with Crippen LogP contribution in [0, 0.1) is 17.5 Å². The summed E-state index contributed by atoms with van der Waals surface area (Å²) in [5.41, 5.74) is 2.83. The number of ether oxygens (including phenoxy) is 1. The third-order valence-electron chi connectivity index (χ3n) is 5.68. The number of hydrogen-bond donors (Lipinski definition) is 0. The summed E-state index contributed by atoms with van der Waals surface area (Å²) in [6, 6.07) is 7.73. The van der Waals surface area contributed by atoms with Gasteiger partial charge < -0.3 is 9.64 Å². The molecule has 0 radical (unpaired) electrons. The number of aromatic nitrogens is 1. The molecule has 0 spiro atoms. The van der Waals surface area contributed by atoms with E-state index in [1.54, 1.807) is 19.2 Å². The minimum Gasteiger partial charge on any atom is -0.488 e. The molecule has 8 heteroatoms. The van der Waals surface area contributed by atoms with Crippen molar-refractivity contribution in [2.24, 2.45) is 4.99 Å². The topological polar surface area (TPSA) is 54.8 Å². The molecule has 0 bridgehead atoms. The van der Waals surface area contributed by atoms with Crippen LogP contribution in [0.15, 0.2) is 47.6 Å². The molecule has 1 aliphatic heterocycles. The number of aliphatic imine (C=N–C) groups is 1. The Balaban J connectivity index is 1.43. The summed E-state index contributed by atoms with van der Waals surface area (Å²) in [6.07, 6.45) is 4.61. The zero-order valence-electron chi connectivity index (χ0n) is 17.8. The fraction of sp³-hybridized carbons (Fsp3) is 0.240. The van der Waals surface area contributed by atoms with Gasteiger partial charge in [-0.05, 0) is 48.2 Å². The first-order valence-electron chi connectivity index (χ1n) is 10.6. The predicted molar refractivity (Wildman–Crippen MR) is 117 cm³/mol. The molecule has 1 aliphatic carbocycles. The van der Waals surface area contributed by atoms with Gasteiger partial charge in [-0.3, -0.25) is 14.8 Å². The summed E-state index contributed by atoms with van der Waals surface area (Å²) in [4.78, 5) is 23.1. The molecule has 33 heavy (non-hydrogen) atoms. The van der Waals surface area contributed by atoms with Gasteiger partial charge in [-0.25, -0.2) is 13.2 Å². The van der Waals surface area contributed by atoms with E-state index in [1.165, 1.54) is 35.5 Å². The van der Waals surface area contributed by atoms with E-state index < -0.39 is 11.6 Å². The van der Waals surface area contributed by atoms with Crippen LogP contribution in [0.4, 0.5) is 13.2 Å². The van der Waals surface area contributed by atoms with Crippen molar-refractivity contribution in [2.75, 3.05) is 7.05 Å². The van der Waals surface area contributed by atoms with Gasteiger partial charge in [-0.15, -0.1) is 0 Å². The Morgan fingerprint density at radius 1 is 1.12 bits per heavy atom. The average Bonchev–Trinajstić information content (AvgIpc) is 3.45. The molecule has 1 saturated carbocycles. The number of carbonyl (C=O) groups is 1. The van der Waals surface area contributed by atoms with Gasteiger partial charge in [-0.2, -0.15) is 0 Å². The van der Waals surface area contributed by atoms with Crippen LogP contribution in [0.25, 0.3) is 11.3 Å². The van der Waals surface area contributed by atoms with Crippen LogP contribution < -0.4 is 4.74 Å². The average molecular weight is 451 g/mol. The Labute approximate surface area is 188 Å². The monoisotopic (exact) mass is 451 g/mol. The third kappa shape index (κ3) is 4.33. The molecule has 0 atom stereocenters. The van der Waals surface area contributed by atoms with Crippen molar-refractivity contribution in [1.29, 1.82) is 0 Å². The highest BCUT2D eigenvalue weighted by Crippen LogP contribution is 2.35. The summed E-state index contributed by atoms with van der Waals surface area (Å²) in [5.74, 6) is -1.78. The lowest BCUT2D eigenvalue weighted by atomic mass is 10.0. The number of carbonyl (C=O) groups excluding carboxylic acids is 1. The molecule has 2 aromatic carbocycles. The number of hydrogen-bond acceptors (Lipinski definition) is 4. The van der Waals surface area contributed by atoms with Crippen LogP contribution >= 0.6 is 0 Å². The molecular formula is C25H20F3N3O2. The van der Waals surface area contributed by atoms with E-state index in [0.717, 1.165) is 30.0 Å². The van der Waals surface area contributed by atoms with Gasteiger partial charge in [0.05, 0.1) is 18.2 Å². The number of rotatable bonds is 6. The van der Waals surface area contributed by atoms with Crippen molar-refractivity contribution >= 4 is 12.1 Å². The maximum Gasteiger partial charge on any atom is 0.255 e. The number of benzene rings is 2. The van der Waals surface area contributed by atoms with E-state index in [4.69, 9.17) is 4.74 Å². The molecule has 5 rings (SSSR count). The Kier molecular flexibility index (Phi) is 5.36. The molecular weight excluding hydrogens is 431 g/mol. The van der Waals surface area contributed by atoms with E-state index in [2.05, 4.69) is 9.98 Å². The number of amides is 1. The van der Waals surface area contributed by atoms with E-state index in [0.29, 0.717) is 17.9 Å². The Hall–Kier alpha value is -3.68. The molecule has 0 N–H and O–H groups in total. The first-order valence-corrected chi connectivity index (χ1v) is 10.6. The molecule has 1 aromatic heterocycles. The second kappa shape index (κ2) is 8.35. The summed E-state index contributed by atoms with van der Waals surface area (Å²) in [5, 5.41) is 0. The van der Waals surface area contributed by atoms with Crippen LogP contribution in [-0.2, 0) is 13.1 Å². The number of halogens is 3. The highest BCUT2D eigenvalue weighted by Gasteiger charge is 2.27. The van der Waals surface area contributed by atoms with Crippen molar-refractivity contribution in [3.63, 3.8) is 0 Å². The molecule has 2 aliphatic rings. The zero-order valence-corrected chi connectivity index (χ0v) is 17.8. The van der Waals surface area contributed by atoms with Crippen LogP contribution in [0.3, 0.4) is 0 Å². The minimum atomic E-state index is -0.722. The van der Waals surface area contributed by atoms with Gasteiger partial charge in [0.1, 0.15) is 28.9 Å². The van der Waals surface area contributed by atoms with Gasteiger partial charge in [0.2, 0.25) is 0 Å². The summed E-state index contributed by atoms with van der Waals surface area (Å²) in [6.45, 7) is 0.644. The number of fused-ring (bicyclic) bond motifs is 1. The highest BCUT2D eigenvalue weighted by atomic mass is 19.1. The lowest BCUT2D eigenvalue weighted by Gasteiger charge is -2.20. The second-order valence-electron chi connectivity index (χ2n) is 8.28. The summed E-state index contributed by atoms with van der Waals surface area (Å²) < 4.78 is 47.4. The predicted octanol–water partition coefficient (Wildman–Crippen LogP) is 4.91. The van der Waals surface area contributed by atoms with Crippen LogP contribution in [-0.4, -0.2) is 35.2 Å². The first-order chi connectivity index (χ1) is 15.9. The smallest absolute Gasteiger partial charge is 0.255 e. The lowest BCUT2D eigenvalue weighted by molar-refractivity contribution is 0.0784. The molecule has 168 valence electrons. The normalized spacial score (nSPS) is 14.3. The van der Waals surface area contributed by atoms with Crippen LogP contribution in [0.5, 0.6) is 5.75 Å². The fourth-order valence-electron chi connectivity index (χ4n) is 3.86. The highest BCUT2D eigenvalue weighted by molar-refractivity contribution is 5.95. The van der Waals surface area contributed by atoms with Crippen molar-refractivity contribution in [3.05, 3.63) is 82.3 Å². The van der Waals surface area contributed by atoms with Crippen LogP contribution in [0.1, 0.15) is 39.9 Å². The van der Waals surface area contributed by atoms with Crippen molar-refractivity contribution < 1.29 is 22.7 Å². The quantitative estimate of drug-likeness (QED) is 0.535. The SMILES string of the molecule is CN(Cc1ccc(F)c2c1CN=C2)C(=O)c1cnc(-c2cc(F)cc(F)c2)c(OC2CC2)c1. The van der Waals surface area contributed by atoms with Gasteiger partial charge >= 0.3 is 0 Å². The maximum atomic E-state index is 14.0. The summed E-state index contributed by atoms with van der Waals surface area (Å²) in [7, 11) is 1.64. The van der Waals surface area contributed by atoms with Crippen LogP contribution in [0.2, 0.25) is 0 Å².